The van der Waals surface area contributed by atoms with Gasteiger partial charge in [0.15, 0.2) is 0 Å². The van der Waals surface area contributed by atoms with Crippen molar-refractivity contribution >= 4 is 38.1 Å². The standard InChI is InChI=1S/C23H25N.C21H22BrN/c1-3-17-16-19-8-4-5-10-21(19)23(18-12-14-24(2)15-13-18)22-11-7-6-9-20(17)22;1-23-12-10-15(11-13-23)21-17-7-3-2-6-16(17)14-20(22)18-8-4-5-9-19(18)21/h3-11,16,18,23H,1,12-15H2,2H3;2-9,14-15,21H,10-13H2,1H3. The van der Waals surface area contributed by atoms with Crippen molar-refractivity contribution in [3.05, 3.63) is 154 Å². The summed E-state index contributed by atoms with van der Waals surface area (Å²) < 4.78 is 1.20. The lowest BCUT2D eigenvalue weighted by Gasteiger charge is -2.35. The molecule has 0 spiro atoms. The van der Waals surface area contributed by atoms with Crippen molar-refractivity contribution in [3.63, 3.8) is 0 Å². The first-order valence-corrected chi connectivity index (χ1v) is 18.3. The summed E-state index contributed by atoms with van der Waals surface area (Å²) in [6.45, 7) is 8.89. The Kier molecular flexibility index (Phi) is 9.77. The van der Waals surface area contributed by atoms with E-state index in [2.05, 4.69) is 156 Å². The monoisotopic (exact) mass is 682 g/mol. The summed E-state index contributed by atoms with van der Waals surface area (Å²) in [5.41, 5.74) is 12.6. The molecule has 2 atom stereocenters. The number of fused-ring (bicyclic) bond motifs is 4. The van der Waals surface area contributed by atoms with Gasteiger partial charge in [-0.15, -0.1) is 0 Å². The second-order valence-corrected chi connectivity index (χ2v) is 14.8. The summed E-state index contributed by atoms with van der Waals surface area (Å²) in [5, 5.41) is 0. The van der Waals surface area contributed by atoms with Crippen LogP contribution in [0.4, 0.5) is 0 Å². The van der Waals surface area contributed by atoms with Gasteiger partial charge in [-0.25, -0.2) is 0 Å². The van der Waals surface area contributed by atoms with Crippen LogP contribution < -0.4 is 0 Å². The molecule has 4 aromatic carbocycles. The zero-order chi connectivity index (χ0) is 32.3. The molecular formula is C44H47BrN2. The molecule has 8 rings (SSSR count). The van der Waals surface area contributed by atoms with E-state index in [4.69, 9.17) is 0 Å². The summed E-state index contributed by atoms with van der Waals surface area (Å²) in [7, 11) is 4.48. The Bertz CT molecular complexity index is 1780. The van der Waals surface area contributed by atoms with Crippen LogP contribution in [0.3, 0.4) is 0 Å². The van der Waals surface area contributed by atoms with Gasteiger partial charge in [0.25, 0.3) is 0 Å². The van der Waals surface area contributed by atoms with Crippen LogP contribution in [0, 0.1) is 11.8 Å². The van der Waals surface area contributed by atoms with Crippen molar-refractivity contribution in [3.8, 4) is 0 Å². The van der Waals surface area contributed by atoms with Crippen LogP contribution in [0.25, 0.3) is 22.2 Å². The summed E-state index contributed by atoms with van der Waals surface area (Å²) in [6.07, 6.45) is 11.7. The first-order chi connectivity index (χ1) is 23.0. The Labute approximate surface area is 290 Å². The second kappa shape index (κ2) is 14.3. The number of halogens is 1. The first kappa shape index (κ1) is 32.1. The van der Waals surface area contributed by atoms with E-state index in [0.29, 0.717) is 17.8 Å². The third kappa shape index (κ3) is 6.64. The van der Waals surface area contributed by atoms with Crippen molar-refractivity contribution < 1.29 is 0 Å². The Morgan fingerprint density at radius 1 is 0.553 bits per heavy atom. The van der Waals surface area contributed by atoms with Crippen LogP contribution in [0.15, 0.2) is 110 Å². The lowest BCUT2D eigenvalue weighted by atomic mass is 9.74. The van der Waals surface area contributed by atoms with Crippen molar-refractivity contribution in [1.29, 1.82) is 0 Å². The van der Waals surface area contributed by atoms with E-state index in [1.54, 1.807) is 0 Å². The highest BCUT2D eigenvalue weighted by atomic mass is 79.9. The number of hydrogen-bond acceptors (Lipinski definition) is 2. The lowest BCUT2D eigenvalue weighted by molar-refractivity contribution is 0.207. The highest BCUT2D eigenvalue weighted by Gasteiger charge is 2.33. The molecule has 2 saturated heterocycles. The van der Waals surface area contributed by atoms with E-state index in [1.165, 1.54) is 106 Å². The number of benzene rings is 4. The topological polar surface area (TPSA) is 6.48 Å². The molecule has 2 nitrogen and oxygen atoms in total. The van der Waals surface area contributed by atoms with Crippen LogP contribution in [0.2, 0.25) is 0 Å². The van der Waals surface area contributed by atoms with Crippen molar-refractivity contribution in [2.45, 2.75) is 37.5 Å². The van der Waals surface area contributed by atoms with Gasteiger partial charge in [0, 0.05) is 16.3 Å². The molecule has 3 heteroatoms. The molecule has 2 unspecified atom stereocenters. The van der Waals surface area contributed by atoms with E-state index in [9.17, 15) is 0 Å². The molecule has 0 amide bonds. The zero-order valence-electron chi connectivity index (χ0n) is 27.9. The van der Waals surface area contributed by atoms with E-state index in [-0.39, 0.29) is 0 Å². The van der Waals surface area contributed by atoms with Gasteiger partial charge in [-0.05, 0) is 140 Å². The van der Waals surface area contributed by atoms with E-state index in [1.807, 2.05) is 6.08 Å². The Morgan fingerprint density at radius 3 is 1.47 bits per heavy atom. The maximum absolute atomic E-state index is 4.07. The smallest absolute Gasteiger partial charge is 0.0256 e. The Balaban J connectivity index is 0.000000150. The number of nitrogens with zero attached hydrogens (tertiary/aromatic N) is 2. The van der Waals surface area contributed by atoms with Crippen molar-refractivity contribution in [2.24, 2.45) is 11.8 Å². The fourth-order valence-electron chi connectivity index (χ4n) is 8.57. The fourth-order valence-corrected chi connectivity index (χ4v) is 9.18. The summed E-state index contributed by atoms with van der Waals surface area (Å²) >= 11 is 3.82. The molecule has 47 heavy (non-hydrogen) atoms. The highest BCUT2D eigenvalue weighted by Crippen LogP contribution is 2.47. The minimum Gasteiger partial charge on any atom is -0.306 e. The normalized spacial score (nSPS) is 21.7. The Morgan fingerprint density at radius 2 is 0.957 bits per heavy atom. The lowest BCUT2D eigenvalue weighted by Crippen LogP contribution is -2.33. The fraction of sp³-hybridized carbons (Fsp3) is 0.318. The van der Waals surface area contributed by atoms with Gasteiger partial charge < -0.3 is 9.80 Å². The molecule has 4 aromatic rings. The van der Waals surface area contributed by atoms with Gasteiger partial charge in [-0.2, -0.15) is 0 Å². The van der Waals surface area contributed by atoms with Crippen molar-refractivity contribution in [1.82, 2.24) is 9.80 Å². The van der Waals surface area contributed by atoms with Crippen molar-refractivity contribution in [2.75, 3.05) is 40.3 Å². The van der Waals surface area contributed by atoms with Gasteiger partial charge in [0.1, 0.15) is 0 Å². The summed E-state index contributed by atoms with van der Waals surface area (Å²) in [4.78, 5) is 4.91. The average Bonchev–Trinajstić information content (AvgIpc) is 3.33. The summed E-state index contributed by atoms with van der Waals surface area (Å²) in [5.74, 6) is 2.42. The molecular weight excluding hydrogens is 636 g/mol. The van der Waals surface area contributed by atoms with E-state index in [0.717, 1.165) is 5.92 Å². The predicted molar refractivity (Wildman–Crippen MR) is 205 cm³/mol. The SMILES string of the molecule is C=CC1=Cc2ccccc2C(C2CCN(C)CC2)c2ccccc21.CN1CCC(C2c3ccccc3C=C(Br)c3ccccc32)CC1. The number of allylic oxidation sites excluding steroid dienone is 2. The number of hydrogen-bond donors (Lipinski definition) is 0. The molecule has 2 fully saturated rings. The molecule has 0 N–H and O–H groups in total. The molecule has 4 aliphatic rings. The maximum Gasteiger partial charge on any atom is 0.0256 e. The van der Waals surface area contributed by atoms with E-state index >= 15 is 0 Å². The number of piperidine rings is 2. The Hall–Kier alpha value is -3.50. The summed E-state index contributed by atoms with van der Waals surface area (Å²) in [6, 6.07) is 35.7. The van der Waals surface area contributed by atoms with Crippen LogP contribution in [-0.2, 0) is 0 Å². The maximum atomic E-state index is 4.07. The second-order valence-electron chi connectivity index (χ2n) is 14.0. The van der Waals surface area contributed by atoms with Gasteiger partial charge in [-0.1, -0.05) is 126 Å². The molecule has 0 radical (unpaired) electrons. The van der Waals surface area contributed by atoms with E-state index < -0.39 is 0 Å². The van der Waals surface area contributed by atoms with Gasteiger partial charge in [-0.3, -0.25) is 0 Å². The largest absolute Gasteiger partial charge is 0.306 e. The molecule has 0 bridgehead atoms. The van der Waals surface area contributed by atoms with Crippen LogP contribution >= 0.6 is 15.9 Å². The molecule has 2 heterocycles. The first-order valence-electron chi connectivity index (χ1n) is 17.5. The molecule has 2 aliphatic carbocycles. The third-order valence-corrected chi connectivity index (χ3v) is 11.8. The molecule has 0 saturated carbocycles. The van der Waals surface area contributed by atoms with Gasteiger partial charge in [0.05, 0.1) is 0 Å². The van der Waals surface area contributed by atoms with Gasteiger partial charge in [0.2, 0.25) is 0 Å². The van der Waals surface area contributed by atoms with Crippen LogP contribution in [0.5, 0.6) is 0 Å². The number of likely N-dealkylation sites (tertiary alicyclic amines) is 2. The highest BCUT2D eigenvalue weighted by molar-refractivity contribution is 9.15. The predicted octanol–water partition coefficient (Wildman–Crippen LogP) is 10.6. The average molecular weight is 684 g/mol. The quantitative estimate of drug-likeness (QED) is 0.212. The van der Waals surface area contributed by atoms with Gasteiger partial charge >= 0.3 is 0 Å². The molecule has 2 aliphatic heterocycles. The third-order valence-electron chi connectivity index (χ3n) is 11.1. The zero-order valence-corrected chi connectivity index (χ0v) is 29.5. The molecule has 0 aromatic heterocycles. The minimum absolute atomic E-state index is 0.486. The van der Waals surface area contributed by atoms with Crippen LogP contribution in [-0.4, -0.2) is 50.1 Å². The van der Waals surface area contributed by atoms with Crippen LogP contribution in [0.1, 0.15) is 82.0 Å². The number of rotatable bonds is 3. The molecule has 240 valence electrons. The minimum atomic E-state index is 0.486.